The Kier molecular flexibility index (Phi) is 5.88. The molecule has 0 radical (unpaired) electrons. The molecule has 0 saturated carbocycles. The van der Waals surface area contributed by atoms with E-state index in [0.717, 1.165) is 24.3 Å². The Morgan fingerprint density at radius 1 is 0.806 bits per heavy atom. The van der Waals surface area contributed by atoms with Crippen molar-refractivity contribution >= 4 is 17.6 Å². The lowest BCUT2D eigenvalue weighted by molar-refractivity contribution is -0.166. The molecule has 0 unspecified atom stereocenters. The van der Waals surface area contributed by atoms with Gasteiger partial charge in [0, 0.05) is 11.1 Å². The Hall–Kier alpha value is -3.62. The number of ketones is 2. The number of benzene rings is 2. The van der Waals surface area contributed by atoms with Crippen LogP contribution in [0.3, 0.4) is 0 Å². The van der Waals surface area contributed by atoms with Crippen LogP contribution in [0.15, 0.2) is 76.7 Å². The van der Waals surface area contributed by atoms with Gasteiger partial charge in [-0.25, -0.2) is 0 Å². The van der Waals surface area contributed by atoms with E-state index < -0.39 is 35.1 Å². The molecule has 0 fully saturated rings. The number of furan rings is 1. The number of halogens is 6. The molecule has 0 bridgehead atoms. The van der Waals surface area contributed by atoms with Crippen molar-refractivity contribution in [3.63, 3.8) is 0 Å². The third kappa shape index (κ3) is 5.11. The van der Waals surface area contributed by atoms with E-state index >= 15 is 0 Å². The summed E-state index contributed by atoms with van der Waals surface area (Å²) in [5.41, 5.74) is -2.24. The SMILES string of the molecule is O=C(C(=Cc1ccc(-c2cccc(C(F)(F)F)c2)o1)C(=O)C(F)(F)F)c1ccccc1. The Bertz CT molecular complexity index is 1140. The van der Waals surface area contributed by atoms with Crippen LogP contribution in [-0.4, -0.2) is 17.7 Å². The molecular weight excluding hydrogens is 426 g/mol. The van der Waals surface area contributed by atoms with Gasteiger partial charge in [-0.1, -0.05) is 42.5 Å². The van der Waals surface area contributed by atoms with Gasteiger partial charge in [-0.05, 0) is 30.3 Å². The van der Waals surface area contributed by atoms with Gasteiger partial charge in [0.1, 0.15) is 11.5 Å². The Labute approximate surface area is 171 Å². The molecule has 0 saturated heterocycles. The maximum absolute atomic E-state index is 13.0. The van der Waals surface area contributed by atoms with Crippen molar-refractivity contribution in [2.75, 3.05) is 0 Å². The minimum atomic E-state index is -5.31. The summed E-state index contributed by atoms with van der Waals surface area (Å²) in [6, 6.07) is 13.4. The van der Waals surface area contributed by atoms with Gasteiger partial charge in [-0.3, -0.25) is 9.59 Å². The molecule has 0 amide bonds. The number of hydrogen-bond acceptors (Lipinski definition) is 3. The van der Waals surface area contributed by atoms with E-state index in [1.807, 2.05) is 0 Å². The zero-order valence-electron chi connectivity index (χ0n) is 15.4. The van der Waals surface area contributed by atoms with Gasteiger partial charge < -0.3 is 4.42 Å². The summed E-state index contributed by atoms with van der Waals surface area (Å²) in [7, 11) is 0. The number of Topliss-reactive ketones (excluding diaryl/α,β-unsaturated/α-hetero) is 2. The van der Waals surface area contributed by atoms with Crippen molar-refractivity contribution in [3.05, 3.63) is 89.2 Å². The van der Waals surface area contributed by atoms with Gasteiger partial charge in [-0.2, -0.15) is 26.3 Å². The van der Waals surface area contributed by atoms with Crippen LogP contribution in [-0.2, 0) is 11.0 Å². The van der Waals surface area contributed by atoms with E-state index in [0.29, 0.717) is 6.08 Å². The topological polar surface area (TPSA) is 47.3 Å². The van der Waals surface area contributed by atoms with Gasteiger partial charge in [0.25, 0.3) is 5.78 Å². The molecule has 31 heavy (non-hydrogen) atoms. The zero-order chi connectivity index (χ0) is 22.8. The van der Waals surface area contributed by atoms with E-state index in [1.165, 1.54) is 36.4 Å². The average molecular weight is 438 g/mol. The summed E-state index contributed by atoms with van der Waals surface area (Å²) in [5, 5.41) is 0. The van der Waals surface area contributed by atoms with Crippen molar-refractivity contribution in [2.24, 2.45) is 0 Å². The summed E-state index contributed by atoms with van der Waals surface area (Å²) in [6.07, 6.45) is -9.28. The maximum atomic E-state index is 13.0. The van der Waals surface area contributed by atoms with Crippen LogP contribution < -0.4 is 0 Å². The Morgan fingerprint density at radius 2 is 1.48 bits per heavy atom. The molecule has 9 heteroatoms. The molecule has 0 aliphatic rings. The van der Waals surface area contributed by atoms with Gasteiger partial charge >= 0.3 is 12.4 Å². The lowest BCUT2D eigenvalue weighted by Crippen LogP contribution is -2.28. The van der Waals surface area contributed by atoms with Gasteiger partial charge in [0.15, 0.2) is 5.78 Å². The molecule has 160 valence electrons. The van der Waals surface area contributed by atoms with E-state index in [-0.39, 0.29) is 22.6 Å². The molecular formula is C22H12F6O3. The number of carbonyl (C=O) groups is 2. The standard InChI is InChI=1S/C22H12F6O3/c23-21(24,25)15-8-4-7-14(11-15)18-10-9-16(31-18)12-17(20(30)22(26,27)28)19(29)13-5-2-1-3-6-13/h1-12H. The number of alkyl halides is 6. The first-order valence-electron chi connectivity index (χ1n) is 8.67. The van der Waals surface area contributed by atoms with E-state index in [9.17, 15) is 35.9 Å². The fraction of sp³-hybridized carbons (Fsp3) is 0.0909. The summed E-state index contributed by atoms with van der Waals surface area (Å²) in [5.74, 6) is -3.91. The quantitative estimate of drug-likeness (QED) is 0.153. The number of rotatable bonds is 5. The van der Waals surface area contributed by atoms with Crippen molar-refractivity contribution < 1.29 is 40.3 Å². The third-order valence-electron chi connectivity index (χ3n) is 4.17. The molecule has 3 nitrogen and oxygen atoms in total. The van der Waals surface area contributed by atoms with Crippen molar-refractivity contribution in [1.29, 1.82) is 0 Å². The summed E-state index contributed by atoms with van der Waals surface area (Å²) < 4.78 is 83.0. The van der Waals surface area contributed by atoms with Crippen molar-refractivity contribution in [2.45, 2.75) is 12.4 Å². The fourth-order valence-corrected chi connectivity index (χ4v) is 2.71. The summed E-state index contributed by atoms with van der Waals surface area (Å²) >= 11 is 0. The van der Waals surface area contributed by atoms with Crippen LogP contribution >= 0.6 is 0 Å². The second-order valence-electron chi connectivity index (χ2n) is 6.36. The van der Waals surface area contributed by atoms with Crippen LogP contribution in [0.4, 0.5) is 26.3 Å². The highest BCUT2D eigenvalue weighted by Gasteiger charge is 2.43. The van der Waals surface area contributed by atoms with Crippen LogP contribution in [0.25, 0.3) is 17.4 Å². The first-order chi connectivity index (χ1) is 14.5. The predicted octanol–water partition coefficient (Wildman–Crippen LogP) is 6.36. The van der Waals surface area contributed by atoms with Crippen LogP contribution in [0, 0.1) is 0 Å². The molecule has 1 aromatic heterocycles. The normalized spacial score (nSPS) is 12.6. The average Bonchev–Trinajstić information content (AvgIpc) is 3.19. The maximum Gasteiger partial charge on any atom is 0.455 e. The lowest BCUT2D eigenvalue weighted by Gasteiger charge is -2.09. The largest absolute Gasteiger partial charge is 0.457 e. The van der Waals surface area contributed by atoms with Crippen LogP contribution in [0.1, 0.15) is 21.7 Å². The van der Waals surface area contributed by atoms with Crippen molar-refractivity contribution in [3.8, 4) is 11.3 Å². The molecule has 0 aliphatic heterocycles. The first kappa shape index (κ1) is 22.1. The Balaban J connectivity index is 2.02. The molecule has 2 aromatic carbocycles. The second kappa shape index (κ2) is 8.25. The number of allylic oxidation sites excluding steroid dienone is 1. The van der Waals surface area contributed by atoms with E-state index in [2.05, 4.69) is 0 Å². The second-order valence-corrected chi connectivity index (χ2v) is 6.36. The molecule has 0 aliphatic carbocycles. The fourth-order valence-electron chi connectivity index (χ4n) is 2.71. The number of hydrogen-bond donors (Lipinski definition) is 0. The highest BCUT2D eigenvalue weighted by Crippen LogP contribution is 2.33. The minimum Gasteiger partial charge on any atom is -0.457 e. The monoisotopic (exact) mass is 438 g/mol. The summed E-state index contributed by atoms with van der Waals surface area (Å²) in [6.45, 7) is 0. The van der Waals surface area contributed by atoms with Gasteiger partial charge in [0.05, 0.1) is 11.1 Å². The molecule has 1 heterocycles. The molecule has 0 spiro atoms. The highest BCUT2D eigenvalue weighted by molar-refractivity contribution is 6.30. The summed E-state index contributed by atoms with van der Waals surface area (Å²) in [4.78, 5) is 24.3. The third-order valence-corrected chi connectivity index (χ3v) is 4.17. The van der Waals surface area contributed by atoms with Crippen LogP contribution in [0.2, 0.25) is 0 Å². The number of carbonyl (C=O) groups excluding carboxylic acids is 2. The zero-order valence-corrected chi connectivity index (χ0v) is 15.4. The Morgan fingerprint density at radius 3 is 2.10 bits per heavy atom. The molecule has 3 aromatic rings. The lowest BCUT2D eigenvalue weighted by atomic mass is 9.99. The van der Waals surface area contributed by atoms with Crippen molar-refractivity contribution in [1.82, 2.24) is 0 Å². The minimum absolute atomic E-state index is 0.0209. The highest BCUT2D eigenvalue weighted by atomic mass is 19.4. The van der Waals surface area contributed by atoms with Crippen LogP contribution in [0.5, 0.6) is 0 Å². The first-order valence-corrected chi connectivity index (χ1v) is 8.67. The van der Waals surface area contributed by atoms with E-state index in [4.69, 9.17) is 4.42 Å². The smallest absolute Gasteiger partial charge is 0.455 e. The predicted molar refractivity (Wildman–Crippen MR) is 99.0 cm³/mol. The molecule has 3 rings (SSSR count). The van der Waals surface area contributed by atoms with E-state index in [1.54, 1.807) is 6.07 Å². The van der Waals surface area contributed by atoms with Gasteiger partial charge in [0.2, 0.25) is 0 Å². The van der Waals surface area contributed by atoms with Gasteiger partial charge in [-0.15, -0.1) is 0 Å². The molecule has 0 atom stereocenters. The molecule has 0 N–H and O–H groups in total.